The quantitative estimate of drug-likeness (QED) is 0.614. The van der Waals surface area contributed by atoms with Gasteiger partial charge in [-0.3, -0.25) is 0 Å². The zero-order valence-corrected chi connectivity index (χ0v) is 5.09. The lowest BCUT2D eigenvalue weighted by Crippen LogP contribution is -1.80. The fraction of sp³-hybridized carbons (Fsp3) is 0.143. The maximum absolute atomic E-state index is 9.09. The van der Waals surface area contributed by atoms with Crippen LogP contribution in [0.15, 0.2) is 24.2 Å². The molecule has 0 bridgehead atoms. The summed E-state index contributed by atoms with van der Waals surface area (Å²) < 4.78 is 11.9. The Hall–Kier alpha value is -1.18. The Kier molecular flexibility index (Phi) is 1.24. The number of phenolic OH excluding ortho intramolecular Hbond substituents is 1. The highest BCUT2D eigenvalue weighted by atomic mass is 16.5. The molecule has 0 unspecified atom stereocenters. The topological polar surface area (TPSA) is 29.5 Å². The summed E-state index contributed by atoms with van der Waals surface area (Å²) in [7, 11) is 1.45. The molecule has 0 spiro atoms. The van der Waals surface area contributed by atoms with Crippen LogP contribution in [0.3, 0.4) is 0 Å². The van der Waals surface area contributed by atoms with Crippen LogP contribution in [0.2, 0.25) is 0 Å². The van der Waals surface area contributed by atoms with Gasteiger partial charge in [-0.15, -0.1) is 0 Å². The summed E-state index contributed by atoms with van der Waals surface area (Å²) in [5.74, 6) is 0.234. The van der Waals surface area contributed by atoms with Crippen LogP contribution < -0.4 is 4.74 Å². The predicted molar refractivity (Wildman–Crippen MR) is 34.7 cm³/mol. The highest BCUT2D eigenvalue weighted by Crippen LogP contribution is 2.22. The third-order valence-electron chi connectivity index (χ3n) is 1.02. The van der Waals surface area contributed by atoms with Crippen molar-refractivity contribution in [2.24, 2.45) is 0 Å². The van der Waals surface area contributed by atoms with Crippen molar-refractivity contribution in [2.45, 2.75) is 0 Å². The Morgan fingerprint density at radius 2 is 2.44 bits per heavy atom. The summed E-state index contributed by atoms with van der Waals surface area (Å²) in [6.45, 7) is 0. The van der Waals surface area contributed by atoms with Gasteiger partial charge in [0.1, 0.15) is 0 Å². The summed E-state index contributed by atoms with van der Waals surface area (Å²) in [5, 5.41) is 9.09. The minimum atomic E-state index is -0.106. The molecule has 1 rings (SSSR count). The molecule has 0 saturated heterocycles. The maximum atomic E-state index is 9.09. The Bertz CT molecular complexity index is 235. The summed E-state index contributed by atoms with van der Waals surface area (Å²) in [5.41, 5.74) is 0. The second kappa shape index (κ2) is 2.40. The lowest BCUT2D eigenvalue weighted by molar-refractivity contribution is 0.373. The van der Waals surface area contributed by atoms with Crippen LogP contribution in [0, 0.1) is 0 Å². The summed E-state index contributed by atoms with van der Waals surface area (Å²) in [6, 6.07) is 4.84. The predicted octanol–water partition coefficient (Wildman–Crippen LogP) is 1.40. The summed E-state index contributed by atoms with van der Waals surface area (Å²) in [4.78, 5) is 0. The van der Waals surface area contributed by atoms with E-state index in [-0.39, 0.29) is 11.8 Å². The highest BCUT2D eigenvalue weighted by molar-refractivity contribution is 5.37. The molecular weight excluding hydrogens is 116 g/mol. The number of benzene rings is 1. The molecule has 2 nitrogen and oxygen atoms in total. The molecule has 0 atom stereocenters. The van der Waals surface area contributed by atoms with E-state index in [9.17, 15) is 0 Å². The maximum Gasteiger partial charge on any atom is 0.160 e. The van der Waals surface area contributed by atoms with Crippen molar-refractivity contribution in [3.8, 4) is 11.5 Å². The monoisotopic (exact) mass is 125 g/mol. The second-order valence-electron chi connectivity index (χ2n) is 1.59. The molecule has 9 heavy (non-hydrogen) atoms. The average Bonchev–Trinajstić information content (AvgIpc) is 1.95. The van der Waals surface area contributed by atoms with Gasteiger partial charge in [0.05, 0.1) is 8.48 Å². The first-order valence-corrected chi connectivity index (χ1v) is 2.58. The molecule has 48 valence electrons. The van der Waals surface area contributed by atoms with Crippen molar-refractivity contribution in [1.82, 2.24) is 0 Å². The van der Waals surface area contributed by atoms with E-state index in [1.165, 1.54) is 13.2 Å². The van der Waals surface area contributed by atoms with Gasteiger partial charge in [-0.1, -0.05) is 12.1 Å². The molecule has 0 fully saturated rings. The minimum absolute atomic E-state index is 0.0827. The molecule has 1 N–H and O–H groups in total. The molecular formula is C7H8O2. The van der Waals surface area contributed by atoms with Gasteiger partial charge < -0.3 is 9.84 Å². The number of para-hydroxylation sites is 2. The van der Waals surface area contributed by atoms with E-state index in [2.05, 4.69) is 0 Å². The molecule has 0 aliphatic rings. The highest BCUT2D eigenvalue weighted by Gasteiger charge is 1.94. The van der Waals surface area contributed by atoms with Gasteiger partial charge in [0, 0.05) is 0 Å². The lowest BCUT2D eigenvalue weighted by Gasteiger charge is -1.99. The fourth-order valence-corrected chi connectivity index (χ4v) is 0.577. The molecule has 0 saturated carbocycles. The van der Waals surface area contributed by atoms with Gasteiger partial charge in [-0.05, 0) is 12.1 Å². The summed E-state index contributed by atoms with van der Waals surface area (Å²) in [6.07, 6.45) is 0. The second-order valence-corrected chi connectivity index (χ2v) is 1.59. The van der Waals surface area contributed by atoms with E-state index >= 15 is 0 Å². The van der Waals surface area contributed by atoms with Gasteiger partial charge in [-0.25, -0.2) is 0 Å². The minimum Gasteiger partial charge on any atom is -0.504 e. The molecule has 1 aromatic rings. The Labute approximate surface area is 55.1 Å². The van der Waals surface area contributed by atoms with Crippen molar-refractivity contribution in [3.05, 3.63) is 24.2 Å². The van der Waals surface area contributed by atoms with E-state index in [4.69, 9.17) is 11.2 Å². The normalized spacial score (nSPS) is 10.6. The van der Waals surface area contributed by atoms with Gasteiger partial charge in [0.25, 0.3) is 0 Å². The Morgan fingerprint density at radius 1 is 1.67 bits per heavy atom. The number of phenols is 1. The van der Waals surface area contributed by atoms with Crippen molar-refractivity contribution < 1.29 is 11.2 Å². The smallest absolute Gasteiger partial charge is 0.160 e. The summed E-state index contributed by atoms with van der Waals surface area (Å²) >= 11 is 0. The number of methoxy groups -OCH3 is 1. The third-order valence-corrected chi connectivity index (χ3v) is 1.02. The number of aromatic hydroxyl groups is 1. The molecule has 2 heteroatoms. The molecule has 0 aliphatic carbocycles. The molecule has 1 aromatic carbocycles. The SMILES string of the molecule is [2H]c1cccc(OC)c1O. The molecule has 0 amide bonds. The van der Waals surface area contributed by atoms with E-state index in [0.717, 1.165) is 0 Å². The first kappa shape index (κ1) is 4.68. The third kappa shape index (κ3) is 1.13. The standard InChI is InChI=1S/C7H8O2/c1-9-7-5-3-2-4-6(7)8/h2-5,8H,1H3/i4D. The number of hydrogen-bond acceptors (Lipinski definition) is 2. The number of ether oxygens (including phenoxy) is 1. The first-order valence-electron chi connectivity index (χ1n) is 3.08. The van der Waals surface area contributed by atoms with Crippen LogP contribution in [-0.2, 0) is 0 Å². The molecule has 0 aliphatic heterocycles. The molecule has 0 radical (unpaired) electrons. The largest absolute Gasteiger partial charge is 0.504 e. The van der Waals surface area contributed by atoms with Crippen LogP contribution in [0.25, 0.3) is 0 Å². The fourth-order valence-electron chi connectivity index (χ4n) is 0.577. The van der Waals surface area contributed by atoms with Crippen molar-refractivity contribution in [3.63, 3.8) is 0 Å². The van der Waals surface area contributed by atoms with Crippen LogP contribution in [0.4, 0.5) is 0 Å². The van der Waals surface area contributed by atoms with Gasteiger partial charge in [-0.2, -0.15) is 0 Å². The zero-order valence-electron chi connectivity index (χ0n) is 6.09. The van der Waals surface area contributed by atoms with E-state index in [1.807, 2.05) is 0 Å². The van der Waals surface area contributed by atoms with Gasteiger partial charge in [0.2, 0.25) is 0 Å². The van der Waals surface area contributed by atoms with Crippen LogP contribution >= 0.6 is 0 Å². The van der Waals surface area contributed by atoms with Gasteiger partial charge >= 0.3 is 0 Å². The number of hydrogen-bond donors (Lipinski definition) is 1. The van der Waals surface area contributed by atoms with E-state index in [1.54, 1.807) is 12.1 Å². The van der Waals surface area contributed by atoms with Crippen LogP contribution in [0.1, 0.15) is 1.37 Å². The molecule has 0 aromatic heterocycles. The average molecular weight is 125 g/mol. The van der Waals surface area contributed by atoms with Crippen molar-refractivity contribution >= 4 is 0 Å². The zero-order chi connectivity index (χ0) is 7.56. The van der Waals surface area contributed by atoms with Crippen LogP contribution in [-0.4, -0.2) is 12.2 Å². The molecule has 0 heterocycles. The Balaban J connectivity index is 3.14. The van der Waals surface area contributed by atoms with Crippen molar-refractivity contribution in [1.29, 1.82) is 0 Å². The first-order chi connectivity index (χ1) is 4.75. The van der Waals surface area contributed by atoms with E-state index in [0.29, 0.717) is 5.75 Å². The van der Waals surface area contributed by atoms with Crippen molar-refractivity contribution in [2.75, 3.05) is 7.11 Å². The van der Waals surface area contributed by atoms with Gasteiger partial charge in [0.15, 0.2) is 11.5 Å². The lowest BCUT2D eigenvalue weighted by atomic mass is 10.3. The van der Waals surface area contributed by atoms with Crippen LogP contribution in [0.5, 0.6) is 11.5 Å². The number of rotatable bonds is 1. The van der Waals surface area contributed by atoms with E-state index < -0.39 is 0 Å². The Morgan fingerprint density at radius 3 is 3.00 bits per heavy atom.